The van der Waals surface area contributed by atoms with Gasteiger partial charge in [0, 0.05) is 37.8 Å². The minimum atomic E-state index is -3.64. The number of nitrogens with zero attached hydrogens (tertiary/aromatic N) is 1. The number of amides is 2. The van der Waals surface area contributed by atoms with Gasteiger partial charge in [0.2, 0.25) is 10.0 Å². The van der Waals surface area contributed by atoms with Gasteiger partial charge >= 0.3 is 6.03 Å². The fourth-order valence-electron chi connectivity index (χ4n) is 3.58. The average molecular weight is 433 g/mol. The van der Waals surface area contributed by atoms with Crippen LogP contribution in [0.5, 0.6) is 0 Å². The van der Waals surface area contributed by atoms with Crippen LogP contribution in [0, 0.1) is 5.92 Å². The Morgan fingerprint density at radius 1 is 1.20 bits per heavy atom. The number of carbonyl (C=O) groups excluding carboxylic acids is 1. The monoisotopic (exact) mass is 432 g/mol. The summed E-state index contributed by atoms with van der Waals surface area (Å²) in [5, 5.41) is 5.42. The maximum atomic E-state index is 12.7. The van der Waals surface area contributed by atoms with Crippen LogP contribution in [0.1, 0.15) is 31.7 Å². The Morgan fingerprint density at radius 3 is 2.63 bits per heavy atom. The van der Waals surface area contributed by atoms with Crippen LogP contribution in [-0.2, 0) is 21.3 Å². The van der Waals surface area contributed by atoms with Crippen LogP contribution in [0.4, 0.5) is 10.5 Å². The molecule has 0 radical (unpaired) electrons. The van der Waals surface area contributed by atoms with Crippen LogP contribution in [-0.4, -0.2) is 38.7 Å². The molecule has 3 rings (SSSR count). The number of pyridine rings is 1. The quantitative estimate of drug-likeness (QED) is 0.623. The van der Waals surface area contributed by atoms with Crippen molar-refractivity contribution in [2.24, 2.45) is 5.92 Å². The van der Waals surface area contributed by atoms with Crippen molar-refractivity contribution >= 4 is 21.7 Å². The topological polar surface area (TPSA) is 109 Å². The van der Waals surface area contributed by atoms with Crippen molar-refractivity contribution in [1.82, 2.24) is 15.0 Å². The van der Waals surface area contributed by atoms with E-state index in [9.17, 15) is 13.2 Å². The predicted octanol–water partition coefficient (Wildman–Crippen LogP) is 2.89. The third-order valence-electron chi connectivity index (χ3n) is 5.34. The number of urea groups is 1. The van der Waals surface area contributed by atoms with E-state index in [0.29, 0.717) is 24.6 Å². The molecule has 3 unspecified atom stereocenters. The van der Waals surface area contributed by atoms with Crippen molar-refractivity contribution in [2.45, 2.75) is 49.8 Å². The molecule has 0 spiro atoms. The van der Waals surface area contributed by atoms with Crippen LogP contribution in [0.25, 0.3) is 0 Å². The molecule has 2 aromatic rings. The van der Waals surface area contributed by atoms with E-state index in [1.807, 2.05) is 6.07 Å². The molecule has 3 N–H and O–H groups in total. The first-order valence-electron chi connectivity index (χ1n) is 9.96. The molecule has 1 fully saturated rings. The molecule has 1 aliphatic carbocycles. The summed E-state index contributed by atoms with van der Waals surface area (Å²) >= 11 is 0. The number of anilines is 1. The van der Waals surface area contributed by atoms with Gasteiger partial charge in [-0.3, -0.25) is 4.98 Å². The highest BCUT2D eigenvalue weighted by Gasteiger charge is 2.30. The van der Waals surface area contributed by atoms with Gasteiger partial charge in [0.05, 0.1) is 11.0 Å². The second kappa shape index (κ2) is 10.0. The lowest BCUT2D eigenvalue weighted by Gasteiger charge is -2.33. The van der Waals surface area contributed by atoms with Crippen molar-refractivity contribution in [1.29, 1.82) is 0 Å². The molecule has 0 saturated heterocycles. The number of benzene rings is 1. The molecular weight excluding hydrogens is 404 g/mol. The maximum Gasteiger partial charge on any atom is 0.319 e. The number of sulfonamides is 1. The lowest BCUT2D eigenvalue weighted by atomic mass is 9.85. The molecule has 1 aromatic carbocycles. The van der Waals surface area contributed by atoms with Gasteiger partial charge in [-0.2, -0.15) is 0 Å². The summed E-state index contributed by atoms with van der Waals surface area (Å²) < 4.78 is 33.7. The second-order valence-electron chi connectivity index (χ2n) is 7.58. The molecular formula is C21H28N4O4S. The Kier molecular flexibility index (Phi) is 7.41. The molecule has 1 saturated carbocycles. The van der Waals surface area contributed by atoms with Crippen LogP contribution in [0.15, 0.2) is 53.7 Å². The molecule has 1 aromatic heterocycles. The zero-order valence-corrected chi connectivity index (χ0v) is 18.0. The first kappa shape index (κ1) is 22.2. The lowest BCUT2D eigenvalue weighted by Crippen LogP contribution is -2.42. The second-order valence-corrected chi connectivity index (χ2v) is 9.29. The normalized spacial score (nSPS) is 21.7. The van der Waals surface area contributed by atoms with Crippen molar-refractivity contribution in [3.8, 4) is 0 Å². The summed E-state index contributed by atoms with van der Waals surface area (Å²) in [5.74, 6) is 0.422. The zero-order chi connectivity index (χ0) is 21.6. The van der Waals surface area contributed by atoms with Crippen LogP contribution in [0.2, 0.25) is 0 Å². The fraction of sp³-hybridized carbons (Fsp3) is 0.429. The Bertz CT molecular complexity index is 935. The van der Waals surface area contributed by atoms with Gasteiger partial charge in [0.15, 0.2) is 0 Å². The van der Waals surface area contributed by atoms with E-state index in [4.69, 9.17) is 4.74 Å². The Labute approximate surface area is 177 Å². The highest BCUT2D eigenvalue weighted by Crippen LogP contribution is 2.27. The van der Waals surface area contributed by atoms with E-state index in [1.165, 1.54) is 12.1 Å². The minimum absolute atomic E-state index is 0.0585. The highest BCUT2D eigenvalue weighted by molar-refractivity contribution is 7.89. The SMILES string of the molecule is COC1CC(NS(=O)(=O)c2ccc(NC(=O)NCc3cccnc3)cc2)CCC1C. The van der Waals surface area contributed by atoms with E-state index in [2.05, 4.69) is 27.3 Å². The Hall–Kier alpha value is -2.49. The molecule has 0 aliphatic heterocycles. The molecule has 8 nitrogen and oxygen atoms in total. The lowest BCUT2D eigenvalue weighted by molar-refractivity contribution is 0.0227. The average Bonchev–Trinajstić information content (AvgIpc) is 2.74. The first-order valence-corrected chi connectivity index (χ1v) is 11.4. The fourth-order valence-corrected chi connectivity index (χ4v) is 4.86. The van der Waals surface area contributed by atoms with Crippen LogP contribution < -0.4 is 15.4 Å². The Balaban J connectivity index is 1.54. The zero-order valence-electron chi connectivity index (χ0n) is 17.2. The van der Waals surface area contributed by atoms with Crippen molar-refractivity contribution in [3.05, 3.63) is 54.4 Å². The number of rotatable bonds is 7. The van der Waals surface area contributed by atoms with Crippen LogP contribution >= 0.6 is 0 Å². The minimum Gasteiger partial charge on any atom is -0.381 e. The van der Waals surface area contributed by atoms with Gasteiger partial charge in [-0.1, -0.05) is 13.0 Å². The van der Waals surface area contributed by atoms with Crippen LogP contribution in [0.3, 0.4) is 0 Å². The highest BCUT2D eigenvalue weighted by atomic mass is 32.2. The molecule has 0 bridgehead atoms. The largest absolute Gasteiger partial charge is 0.381 e. The molecule has 9 heteroatoms. The van der Waals surface area contributed by atoms with Gasteiger partial charge in [-0.25, -0.2) is 17.9 Å². The van der Waals surface area contributed by atoms with Gasteiger partial charge in [0.25, 0.3) is 0 Å². The molecule has 162 valence electrons. The number of hydrogen-bond acceptors (Lipinski definition) is 5. The molecule has 1 heterocycles. The van der Waals surface area contributed by atoms with E-state index < -0.39 is 10.0 Å². The summed E-state index contributed by atoms with van der Waals surface area (Å²) in [6, 6.07) is 9.24. The number of nitrogens with one attached hydrogen (secondary N) is 3. The molecule has 1 aliphatic rings. The maximum absolute atomic E-state index is 12.7. The standard InChI is InChI=1S/C21H28N4O4S/c1-15-5-6-18(12-20(15)29-2)25-30(27,28)19-9-7-17(8-10-19)24-21(26)23-14-16-4-3-11-22-13-16/h3-4,7-11,13,15,18,20,25H,5-6,12,14H2,1-2H3,(H2,23,24,26). The van der Waals surface area contributed by atoms with Crippen molar-refractivity contribution < 1.29 is 17.9 Å². The van der Waals surface area contributed by atoms with E-state index in [-0.39, 0.29) is 23.1 Å². The Morgan fingerprint density at radius 2 is 1.97 bits per heavy atom. The smallest absolute Gasteiger partial charge is 0.319 e. The summed E-state index contributed by atoms with van der Waals surface area (Å²) in [6.45, 7) is 2.47. The van der Waals surface area contributed by atoms with Gasteiger partial charge in [0.1, 0.15) is 0 Å². The third kappa shape index (κ3) is 6.01. The molecule has 2 amide bonds. The molecule has 30 heavy (non-hydrogen) atoms. The first-order chi connectivity index (χ1) is 14.4. The number of methoxy groups -OCH3 is 1. The number of ether oxygens (including phenoxy) is 1. The molecule has 3 atom stereocenters. The summed E-state index contributed by atoms with van der Waals surface area (Å²) in [6.07, 6.45) is 5.77. The summed E-state index contributed by atoms with van der Waals surface area (Å²) in [4.78, 5) is 16.2. The summed E-state index contributed by atoms with van der Waals surface area (Å²) in [5.41, 5.74) is 1.39. The van der Waals surface area contributed by atoms with E-state index >= 15 is 0 Å². The number of carbonyl (C=O) groups is 1. The van der Waals surface area contributed by atoms with Gasteiger partial charge in [-0.05, 0) is 61.1 Å². The van der Waals surface area contributed by atoms with Crippen molar-refractivity contribution in [3.63, 3.8) is 0 Å². The summed E-state index contributed by atoms with van der Waals surface area (Å²) in [7, 11) is -1.98. The number of hydrogen-bond donors (Lipinski definition) is 3. The predicted molar refractivity (Wildman–Crippen MR) is 114 cm³/mol. The van der Waals surface area contributed by atoms with E-state index in [0.717, 1.165) is 18.4 Å². The third-order valence-corrected chi connectivity index (χ3v) is 6.88. The van der Waals surface area contributed by atoms with E-state index in [1.54, 1.807) is 37.7 Å². The van der Waals surface area contributed by atoms with Crippen molar-refractivity contribution in [2.75, 3.05) is 12.4 Å². The van der Waals surface area contributed by atoms with Gasteiger partial charge < -0.3 is 15.4 Å². The number of aromatic nitrogens is 1. The van der Waals surface area contributed by atoms with Gasteiger partial charge in [-0.15, -0.1) is 0 Å².